The third-order valence-corrected chi connectivity index (χ3v) is 1.55. The van der Waals surface area contributed by atoms with Crippen molar-refractivity contribution in [3.8, 4) is 0 Å². The number of pyridine rings is 1. The highest BCUT2D eigenvalue weighted by atomic mass is 79.9. The monoisotopic (exact) mass is 336 g/mol. The first-order valence-electron chi connectivity index (χ1n) is 3.56. The minimum Gasteiger partial charge on any atom is -0.759 e. The van der Waals surface area contributed by atoms with Gasteiger partial charge in [0.05, 0.1) is 5.56 Å². The molecular formula is C6H4BrF3N2O4S-2. The number of nitrogen functional groups attached to an aromatic ring is 1. The summed E-state index contributed by atoms with van der Waals surface area (Å²) in [6.45, 7) is 0. The third-order valence-electron chi connectivity index (χ3n) is 1.14. The van der Waals surface area contributed by atoms with Gasteiger partial charge in [-0.05, 0) is 28.1 Å². The lowest BCUT2D eigenvalue weighted by molar-refractivity contribution is -0.137. The van der Waals surface area contributed by atoms with Crippen LogP contribution >= 0.6 is 15.9 Å². The Bertz CT molecular complexity index is 462. The van der Waals surface area contributed by atoms with Gasteiger partial charge in [0, 0.05) is 10.4 Å². The second-order valence-electron chi connectivity index (χ2n) is 2.51. The van der Waals surface area contributed by atoms with E-state index in [0.29, 0.717) is 0 Å². The number of aromatic nitrogens is 1. The van der Waals surface area contributed by atoms with Gasteiger partial charge in [-0.25, -0.2) is 4.98 Å². The van der Waals surface area contributed by atoms with Crippen molar-refractivity contribution in [3.05, 3.63) is 22.3 Å². The van der Waals surface area contributed by atoms with Gasteiger partial charge in [-0.3, -0.25) is 8.42 Å². The fourth-order valence-corrected chi connectivity index (χ4v) is 1.13. The zero-order chi connectivity index (χ0) is 13.9. The first-order chi connectivity index (χ1) is 7.39. The molecule has 0 aromatic carbocycles. The lowest BCUT2D eigenvalue weighted by Gasteiger charge is -2.06. The Morgan fingerprint density at radius 3 is 2.00 bits per heavy atom. The van der Waals surface area contributed by atoms with Crippen molar-refractivity contribution in [2.45, 2.75) is 6.18 Å². The lowest BCUT2D eigenvalue weighted by Crippen LogP contribution is -2.06. The Morgan fingerprint density at radius 2 is 1.71 bits per heavy atom. The maximum Gasteiger partial charge on any atom is 0.416 e. The van der Waals surface area contributed by atoms with Gasteiger partial charge in [0.1, 0.15) is 10.4 Å². The number of hydrogen-bond donors (Lipinski definition) is 1. The Kier molecular flexibility index (Phi) is 5.32. The van der Waals surface area contributed by atoms with Crippen LogP contribution in [0.15, 0.2) is 16.7 Å². The van der Waals surface area contributed by atoms with Crippen molar-refractivity contribution in [1.82, 2.24) is 4.98 Å². The first kappa shape index (κ1) is 16.1. The van der Waals surface area contributed by atoms with Gasteiger partial charge in [0.15, 0.2) is 0 Å². The predicted octanol–water partition coefficient (Wildman–Crippen LogP) is 1.11. The van der Waals surface area contributed by atoms with Gasteiger partial charge in [-0.2, -0.15) is 13.2 Å². The molecule has 0 bridgehead atoms. The van der Waals surface area contributed by atoms with Crippen LogP contribution in [0.3, 0.4) is 0 Å². The van der Waals surface area contributed by atoms with Crippen LogP contribution in [0.1, 0.15) is 5.56 Å². The molecule has 11 heteroatoms. The van der Waals surface area contributed by atoms with Gasteiger partial charge in [0.25, 0.3) is 0 Å². The van der Waals surface area contributed by atoms with Gasteiger partial charge < -0.3 is 14.8 Å². The van der Waals surface area contributed by atoms with E-state index >= 15 is 0 Å². The van der Waals surface area contributed by atoms with E-state index in [4.69, 9.17) is 23.3 Å². The lowest BCUT2D eigenvalue weighted by atomic mass is 10.2. The summed E-state index contributed by atoms with van der Waals surface area (Å²) in [5.41, 5.74) is 4.31. The van der Waals surface area contributed by atoms with E-state index in [2.05, 4.69) is 20.9 Å². The molecule has 0 unspecified atom stereocenters. The normalized spacial score (nSPS) is 11.6. The van der Waals surface area contributed by atoms with Crippen molar-refractivity contribution >= 4 is 32.1 Å². The zero-order valence-corrected chi connectivity index (χ0v) is 10.1. The van der Waals surface area contributed by atoms with E-state index in [1.165, 1.54) is 0 Å². The predicted molar refractivity (Wildman–Crippen MR) is 51.8 cm³/mol. The number of anilines is 1. The molecule has 2 N–H and O–H groups in total. The molecule has 1 aromatic heterocycles. The SMILES string of the molecule is Nc1cc(C(F)(F)F)cc(Br)n1.O=S(=O)([O-])[O-]. The van der Waals surface area contributed by atoms with Crippen molar-refractivity contribution in [2.24, 2.45) is 0 Å². The summed E-state index contributed by atoms with van der Waals surface area (Å²) in [6, 6.07) is 1.65. The van der Waals surface area contributed by atoms with Crippen molar-refractivity contribution in [3.63, 3.8) is 0 Å². The summed E-state index contributed by atoms with van der Waals surface area (Å²) in [5.74, 6) is -0.156. The molecule has 98 valence electrons. The van der Waals surface area contributed by atoms with E-state index in [-0.39, 0.29) is 10.4 Å². The topological polar surface area (TPSA) is 119 Å². The van der Waals surface area contributed by atoms with E-state index < -0.39 is 22.1 Å². The molecular weight excluding hydrogens is 333 g/mol. The second kappa shape index (κ2) is 5.62. The molecule has 0 aliphatic rings. The van der Waals surface area contributed by atoms with Crippen molar-refractivity contribution in [1.29, 1.82) is 0 Å². The molecule has 17 heavy (non-hydrogen) atoms. The molecule has 0 fully saturated rings. The van der Waals surface area contributed by atoms with Crippen LogP contribution in [-0.2, 0) is 16.6 Å². The third kappa shape index (κ3) is 8.85. The molecule has 0 radical (unpaired) electrons. The molecule has 1 heterocycles. The summed E-state index contributed by atoms with van der Waals surface area (Å²) in [7, 11) is -5.17. The molecule has 0 aliphatic carbocycles. The van der Waals surface area contributed by atoms with Crippen LogP contribution in [0.5, 0.6) is 0 Å². The number of halogens is 4. The molecule has 0 saturated carbocycles. The number of hydrogen-bond acceptors (Lipinski definition) is 6. The second-order valence-corrected chi connectivity index (χ2v) is 4.14. The largest absolute Gasteiger partial charge is 0.759 e. The van der Waals surface area contributed by atoms with Crippen LogP contribution in [-0.4, -0.2) is 22.5 Å². The van der Waals surface area contributed by atoms with Gasteiger partial charge in [0.2, 0.25) is 0 Å². The number of rotatable bonds is 0. The minimum absolute atomic E-state index is 0.0785. The van der Waals surface area contributed by atoms with Crippen LogP contribution in [0.25, 0.3) is 0 Å². The summed E-state index contributed by atoms with van der Waals surface area (Å²) < 4.78 is 70.3. The maximum atomic E-state index is 12.0. The van der Waals surface area contributed by atoms with Crippen molar-refractivity contribution < 1.29 is 30.7 Å². The summed E-state index contributed by atoms with van der Waals surface area (Å²) in [4.78, 5) is 3.54. The van der Waals surface area contributed by atoms with E-state index in [0.717, 1.165) is 12.1 Å². The smallest absolute Gasteiger partial charge is 0.416 e. The minimum atomic E-state index is -5.17. The Labute approximate surface area is 102 Å². The molecule has 1 aromatic rings. The zero-order valence-electron chi connectivity index (χ0n) is 7.73. The average Bonchev–Trinajstić information content (AvgIpc) is 1.96. The summed E-state index contributed by atoms with van der Waals surface area (Å²) >= 11 is 2.81. The Hall–Kier alpha value is -0.910. The number of nitrogens with zero attached hydrogens (tertiary/aromatic N) is 1. The molecule has 0 amide bonds. The summed E-state index contributed by atoms with van der Waals surface area (Å²) in [6.07, 6.45) is -4.38. The molecule has 6 nitrogen and oxygen atoms in total. The molecule has 0 atom stereocenters. The fourth-order valence-electron chi connectivity index (χ4n) is 0.681. The standard InChI is InChI=1S/C6H4BrF3N2.H2O4S/c7-4-1-3(6(8,9)10)2-5(11)12-4;1-5(2,3)4/h1-2H,(H2,11,12);(H2,1,2,3,4)/p-2. The molecule has 0 aliphatic heterocycles. The van der Waals surface area contributed by atoms with Crippen LogP contribution < -0.4 is 5.73 Å². The average molecular weight is 337 g/mol. The highest BCUT2D eigenvalue weighted by molar-refractivity contribution is 9.10. The maximum absolute atomic E-state index is 12.0. The van der Waals surface area contributed by atoms with Gasteiger partial charge >= 0.3 is 6.18 Å². The molecule has 0 saturated heterocycles. The number of nitrogens with two attached hydrogens (primary N) is 1. The molecule has 1 rings (SSSR count). The summed E-state index contributed by atoms with van der Waals surface area (Å²) in [5, 5.41) is 0. The highest BCUT2D eigenvalue weighted by Crippen LogP contribution is 2.31. The van der Waals surface area contributed by atoms with Crippen LogP contribution in [0, 0.1) is 0 Å². The number of alkyl halides is 3. The van der Waals surface area contributed by atoms with Crippen LogP contribution in [0.4, 0.5) is 19.0 Å². The van der Waals surface area contributed by atoms with E-state index in [9.17, 15) is 13.2 Å². The highest BCUT2D eigenvalue weighted by Gasteiger charge is 2.31. The van der Waals surface area contributed by atoms with Gasteiger partial charge in [-0.1, -0.05) is 0 Å². The Morgan fingerprint density at radius 1 is 1.29 bits per heavy atom. The van der Waals surface area contributed by atoms with E-state index in [1.54, 1.807) is 0 Å². The first-order valence-corrected chi connectivity index (χ1v) is 5.69. The fraction of sp³-hybridized carbons (Fsp3) is 0.167. The van der Waals surface area contributed by atoms with Gasteiger partial charge in [-0.15, -0.1) is 0 Å². The Balaban J connectivity index is 0.000000437. The quantitative estimate of drug-likeness (QED) is 0.430. The van der Waals surface area contributed by atoms with E-state index in [1.807, 2.05) is 0 Å². The van der Waals surface area contributed by atoms with Crippen LogP contribution in [0.2, 0.25) is 0 Å². The molecule has 0 spiro atoms. The van der Waals surface area contributed by atoms with Crippen molar-refractivity contribution in [2.75, 3.05) is 5.73 Å².